The number of benzene rings is 2. The molecule has 220 valence electrons. The molecule has 0 spiro atoms. The highest BCUT2D eigenvalue weighted by molar-refractivity contribution is 5.57. The van der Waals surface area contributed by atoms with Gasteiger partial charge in [-0.15, -0.1) is 0 Å². The Morgan fingerprint density at radius 2 is 0.897 bits per heavy atom. The van der Waals surface area contributed by atoms with Crippen LogP contribution in [0.4, 0.5) is 0 Å². The maximum Gasteiger partial charge on any atom is -0.0126 e. The first-order chi connectivity index (χ1) is 17.1. The van der Waals surface area contributed by atoms with Crippen molar-refractivity contribution in [2.45, 2.75) is 176 Å². The summed E-state index contributed by atoms with van der Waals surface area (Å²) in [5.41, 5.74) is 12.7. The summed E-state index contributed by atoms with van der Waals surface area (Å²) < 4.78 is 0. The molecule has 0 heterocycles. The molecule has 2 rings (SSSR count). The van der Waals surface area contributed by atoms with Crippen LogP contribution in [0.15, 0.2) is 24.3 Å². The average molecular weight is 533 g/mol. The summed E-state index contributed by atoms with van der Waals surface area (Å²) in [5.74, 6) is 0.409. The van der Waals surface area contributed by atoms with E-state index in [0.29, 0.717) is 5.92 Å². The molecule has 0 aliphatic carbocycles. The lowest BCUT2D eigenvalue weighted by Gasteiger charge is -2.43. The second-order valence-electron chi connectivity index (χ2n) is 18.6. The van der Waals surface area contributed by atoms with Gasteiger partial charge in [0.25, 0.3) is 0 Å². The summed E-state index contributed by atoms with van der Waals surface area (Å²) >= 11 is 0. The third kappa shape index (κ3) is 7.59. The van der Waals surface area contributed by atoms with Gasteiger partial charge < -0.3 is 0 Å². The highest BCUT2D eigenvalue weighted by Gasteiger charge is 2.38. The molecule has 2 aromatic rings. The minimum atomic E-state index is 0.0444. The molecule has 0 saturated heterocycles. The van der Waals surface area contributed by atoms with E-state index in [0.717, 1.165) is 6.42 Å². The van der Waals surface area contributed by atoms with Crippen LogP contribution in [0.25, 0.3) is 0 Å². The summed E-state index contributed by atoms with van der Waals surface area (Å²) in [5, 5.41) is 0. The Morgan fingerprint density at radius 1 is 0.462 bits per heavy atom. The highest BCUT2D eigenvalue weighted by Crippen LogP contribution is 2.49. The van der Waals surface area contributed by atoms with Crippen LogP contribution in [0.5, 0.6) is 0 Å². The van der Waals surface area contributed by atoms with Gasteiger partial charge in [0.2, 0.25) is 0 Å². The molecule has 1 unspecified atom stereocenters. The first-order valence-electron chi connectivity index (χ1n) is 15.4. The predicted octanol–water partition coefficient (Wildman–Crippen LogP) is 11.8. The van der Waals surface area contributed by atoms with Gasteiger partial charge in [0, 0.05) is 0 Å². The van der Waals surface area contributed by atoms with E-state index in [4.69, 9.17) is 0 Å². The Morgan fingerprint density at radius 3 is 1.26 bits per heavy atom. The number of rotatable bonds is 3. The Hall–Kier alpha value is -1.56. The van der Waals surface area contributed by atoms with Gasteiger partial charge in [-0.05, 0) is 89.3 Å². The van der Waals surface area contributed by atoms with Gasteiger partial charge in [-0.2, -0.15) is 0 Å². The summed E-state index contributed by atoms with van der Waals surface area (Å²) in [6.07, 6.45) is 1.06. The minimum Gasteiger partial charge on any atom is -0.0582 e. The molecule has 0 bridgehead atoms. The van der Waals surface area contributed by atoms with Crippen LogP contribution in [0.1, 0.15) is 182 Å². The number of hydrogen-bond donors (Lipinski definition) is 0. The topological polar surface area (TPSA) is 0 Å². The Kier molecular flexibility index (Phi) is 8.94. The molecule has 0 N–H and O–H groups in total. The maximum absolute atomic E-state index is 2.63. The van der Waals surface area contributed by atoms with Gasteiger partial charge >= 0.3 is 0 Å². The lowest BCUT2D eigenvalue weighted by Crippen LogP contribution is -2.33. The maximum atomic E-state index is 2.63. The van der Waals surface area contributed by atoms with E-state index in [9.17, 15) is 0 Å². The highest BCUT2D eigenvalue weighted by atomic mass is 14.4. The predicted molar refractivity (Wildman–Crippen MR) is 177 cm³/mol. The van der Waals surface area contributed by atoms with Crippen molar-refractivity contribution in [3.8, 4) is 0 Å². The summed E-state index contributed by atoms with van der Waals surface area (Å²) in [6.45, 7) is 45.6. The molecule has 0 aliphatic rings. The summed E-state index contributed by atoms with van der Waals surface area (Å²) in [4.78, 5) is 0. The molecule has 0 aliphatic heterocycles. The second-order valence-corrected chi connectivity index (χ2v) is 18.6. The molecule has 0 heteroatoms. The molecular formula is C39H64. The quantitative estimate of drug-likeness (QED) is 0.369. The molecule has 0 radical (unpaired) electrons. The van der Waals surface area contributed by atoms with E-state index in [-0.39, 0.29) is 32.5 Å². The van der Waals surface area contributed by atoms with Gasteiger partial charge in [-0.25, -0.2) is 0 Å². The van der Waals surface area contributed by atoms with E-state index in [1.165, 1.54) is 22.3 Å². The second kappa shape index (κ2) is 10.4. The largest absolute Gasteiger partial charge is 0.0582 e. The van der Waals surface area contributed by atoms with Crippen molar-refractivity contribution < 1.29 is 0 Å². The van der Waals surface area contributed by atoms with Crippen molar-refractivity contribution in [1.29, 1.82) is 0 Å². The Labute approximate surface area is 244 Å². The lowest BCUT2D eigenvalue weighted by atomic mass is 9.62. The van der Waals surface area contributed by atoms with Crippen molar-refractivity contribution in [1.82, 2.24) is 0 Å². The summed E-state index contributed by atoms with van der Waals surface area (Å²) in [6, 6.07) is 9.93. The lowest BCUT2D eigenvalue weighted by molar-refractivity contribution is 0.470. The monoisotopic (exact) mass is 533 g/mol. The van der Waals surface area contributed by atoms with Crippen molar-refractivity contribution in [2.75, 3.05) is 0 Å². The molecule has 0 saturated carbocycles. The van der Waals surface area contributed by atoms with Crippen LogP contribution in [-0.2, 0) is 38.9 Å². The third-order valence-electron chi connectivity index (χ3n) is 8.25. The SMILES string of the molecule is CC(Cc1cc(C(C)(C)C)ccc1C(C)(C)C)c1cc(C(C)(C)C)c(C(C)(C)C)c(C(C)(C)C)c1C(C)(C)C. The smallest absolute Gasteiger partial charge is 0.0126 e. The van der Waals surface area contributed by atoms with E-state index in [1.807, 2.05) is 0 Å². The first-order valence-corrected chi connectivity index (χ1v) is 15.4. The first kappa shape index (κ1) is 33.6. The van der Waals surface area contributed by atoms with Crippen molar-refractivity contribution in [3.63, 3.8) is 0 Å². The van der Waals surface area contributed by atoms with E-state index < -0.39 is 0 Å². The van der Waals surface area contributed by atoms with E-state index in [1.54, 1.807) is 22.3 Å². The van der Waals surface area contributed by atoms with Gasteiger partial charge in [0.15, 0.2) is 0 Å². The molecule has 0 aromatic heterocycles. The normalized spacial score (nSPS) is 15.1. The van der Waals surface area contributed by atoms with Crippen LogP contribution in [-0.4, -0.2) is 0 Å². The Bertz CT molecular complexity index is 1160. The van der Waals surface area contributed by atoms with Crippen LogP contribution in [0.2, 0.25) is 0 Å². The zero-order valence-corrected chi connectivity index (χ0v) is 29.6. The molecule has 0 nitrogen and oxygen atoms in total. The van der Waals surface area contributed by atoms with Crippen LogP contribution in [0, 0.1) is 0 Å². The van der Waals surface area contributed by atoms with Crippen LogP contribution < -0.4 is 0 Å². The van der Waals surface area contributed by atoms with Crippen molar-refractivity contribution >= 4 is 0 Å². The van der Waals surface area contributed by atoms with Gasteiger partial charge in [0.05, 0.1) is 0 Å². The molecule has 2 aromatic carbocycles. The molecular weight excluding hydrogens is 468 g/mol. The van der Waals surface area contributed by atoms with Crippen LogP contribution in [0.3, 0.4) is 0 Å². The molecule has 0 fully saturated rings. The van der Waals surface area contributed by atoms with Crippen molar-refractivity contribution in [2.24, 2.45) is 0 Å². The molecule has 39 heavy (non-hydrogen) atoms. The van der Waals surface area contributed by atoms with Gasteiger partial charge in [-0.3, -0.25) is 0 Å². The number of hydrogen-bond acceptors (Lipinski definition) is 0. The van der Waals surface area contributed by atoms with E-state index >= 15 is 0 Å². The minimum absolute atomic E-state index is 0.0444. The van der Waals surface area contributed by atoms with Gasteiger partial charge in [0.1, 0.15) is 0 Å². The average Bonchev–Trinajstić information content (AvgIpc) is 2.67. The third-order valence-corrected chi connectivity index (χ3v) is 8.25. The van der Waals surface area contributed by atoms with Gasteiger partial charge in [-0.1, -0.05) is 156 Å². The zero-order chi connectivity index (χ0) is 30.7. The fourth-order valence-electron chi connectivity index (χ4n) is 6.42. The molecule has 1 atom stereocenters. The fraction of sp³-hybridized carbons (Fsp3) is 0.692. The van der Waals surface area contributed by atoms with E-state index in [2.05, 4.69) is 156 Å². The van der Waals surface area contributed by atoms with Crippen molar-refractivity contribution in [3.05, 3.63) is 68.8 Å². The van der Waals surface area contributed by atoms with Crippen LogP contribution >= 0.6 is 0 Å². The fourth-order valence-corrected chi connectivity index (χ4v) is 6.42. The summed E-state index contributed by atoms with van der Waals surface area (Å²) in [7, 11) is 0. The molecule has 0 amide bonds. The zero-order valence-electron chi connectivity index (χ0n) is 29.6. The standard InChI is InChI=1S/C39H64/c1-25(22-26-23-27(34(2,3)4)20-21-29(26)35(5,6)7)28-24-30(36(8,9)10)32(38(14,15)16)33(39(17,18)19)31(28)37(11,12)13/h20-21,23-25H,22H2,1-19H3. The Balaban J connectivity index is 3.03.